The second-order valence-electron chi connectivity index (χ2n) is 7.90. The molecule has 0 aliphatic heterocycles. The first-order chi connectivity index (χ1) is 14.0. The van der Waals surface area contributed by atoms with Crippen molar-refractivity contribution >= 4 is 17.1 Å². The largest absolute Gasteiger partial charge is 0.479 e. The molecule has 4 aromatic heterocycles. The molecule has 9 nitrogen and oxygen atoms in total. The van der Waals surface area contributed by atoms with Crippen molar-refractivity contribution in [3.63, 3.8) is 0 Å². The summed E-state index contributed by atoms with van der Waals surface area (Å²) >= 11 is 0. The Hall–Kier alpha value is -3.20. The van der Waals surface area contributed by atoms with E-state index in [9.17, 15) is 5.11 Å². The third-order valence-electron chi connectivity index (χ3n) is 5.67. The maximum atomic E-state index is 10.2. The average molecular weight is 393 g/mol. The maximum Gasteiger partial charge on any atom is 0.244 e. The Morgan fingerprint density at radius 2 is 2.07 bits per heavy atom. The molecule has 1 aliphatic rings. The molecule has 0 unspecified atom stereocenters. The predicted octanol–water partition coefficient (Wildman–Crippen LogP) is 2.55. The highest BCUT2D eigenvalue weighted by molar-refractivity contribution is 5.84. The van der Waals surface area contributed by atoms with Crippen LogP contribution >= 0.6 is 0 Å². The Bertz CT molecular complexity index is 1170. The van der Waals surface area contributed by atoms with E-state index in [0.29, 0.717) is 11.8 Å². The molecule has 29 heavy (non-hydrogen) atoms. The molecule has 1 saturated carbocycles. The van der Waals surface area contributed by atoms with Crippen molar-refractivity contribution in [3.05, 3.63) is 36.9 Å². The number of anilines is 1. The molecule has 1 fully saturated rings. The van der Waals surface area contributed by atoms with Gasteiger partial charge in [-0.25, -0.2) is 4.52 Å². The van der Waals surface area contributed by atoms with Crippen LogP contribution in [0.15, 0.2) is 36.9 Å². The zero-order valence-electron chi connectivity index (χ0n) is 16.4. The first-order valence-electron chi connectivity index (χ1n) is 9.74. The molecular formula is C20H23N7O2. The SMILES string of the molecule is COc1nc(N[C@H]2CC[C@](C)(O)CC2)nn2ccc(-c3ccc4nncn4c3)c12. The monoisotopic (exact) mass is 393 g/mol. The Morgan fingerprint density at radius 1 is 1.24 bits per heavy atom. The predicted molar refractivity (Wildman–Crippen MR) is 108 cm³/mol. The van der Waals surface area contributed by atoms with E-state index in [-0.39, 0.29) is 6.04 Å². The average Bonchev–Trinajstić information content (AvgIpc) is 3.35. The Kier molecular flexibility index (Phi) is 4.13. The molecule has 0 saturated heterocycles. The van der Waals surface area contributed by atoms with E-state index < -0.39 is 5.60 Å². The smallest absolute Gasteiger partial charge is 0.244 e. The minimum absolute atomic E-state index is 0.239. The molecule has 4 heterocycles. The van der Waals surface area contributed by atoms with Gasteiger partial charge in [-0.05, 0) is 50.8 Å². The molecule has 1 aliphatic carbocycles. The molecule has 0 atom stereocenters. The van der Waals surface area contributed by atoms with Gasteiger partial charge >= 0.3 is 0 Å². The molecule has 4 aromatic rings. The number of aliphatic hydroxyl groups is 1. The van der Waals surface area contributed by atoms with Gasteiger partial charge in [-0.2, -0.15) is 4.98 Å². The van der Waals surface area contributed by atoms with Gasteiger partial charge in [0.15, 0.2) is 5.65 Å². The lowest BCUT2D eigenvalue weighted by atomic mass is 9.84. The van der Waals surface area contributed by atoms with Crippen molar-refractivity contribution in [1.82, 2.24) is 29.2 Å². The molecule has 0 amide bonds. The molecular weight excluding hydrogens is 370 g/mol. The Morgan fingerprint density at radius 3 is 2.86 bits per heavy atom. The number of nitrogens with one attached hydrogen (secondary N) is 1. The highest BCUT2D eigenvalue weighted by Gasteiger charge is 2.29. The lowest BCUT2D eigenvalue weighted by Crippen LogP contribution is -2.36. The highest BCUT2D eigenvalue weighted by Crippen LogP contribution is 2.33. The van der Waals surface area contributed by atoms with Crippen LogP contribution in [0.4, 0.5) is 5.95 Å². The molecule has 0 radical (unpaired) electrons. The number of rotatable bonds is 4. The number of ether oxygens (including phenoxy) is 1. The van der Waals surface area contributed by atoms with E-state index in [4.69, 9.17) is 4.74 Å². The normalized spacial score (nSPS) is 22.2. The minimum Gasteiger partial charge on any atom is -0.479 e. The first-order valence-corrected chi connectivity index (χ1v) is 9.74. The number of methoxy groups -OCH3 is 1. The number of hydrogen-bond acceptors (Lipinski definition) is 7. The summed E-state index contributed by atoms with van der Waals surface area (Å²) in [5.74, 6) is 1.03. The van der Waals surface area contributed by atoms with Crippen molar-refractivity contribution in [2.45, 2.75) is 44.2 Å². The first kappa shape index (κ1) is 17.9. The van der Waals surface area contributed by atoms with Crippen molar-refractivity contribution < 1.29 is 9.84 Å². The molecule has 150 valence electrons. The second kappa shape index (κ2) is 6.70. The summed E-state index contributed by atoms with van der Waals surface area (Å²) < 4.78 is 9.27. The summed E-state index contributed by atoms with van der Waals surface area (Å²) in [6.07, 6.45) is 8.85. The van der Waals surface area contributed by atoms with Gasteiger partial charge in [0.2, 0.25) is 11.8 Å². The minimum atomic E-state index is -0.568. The highest BCUT2D eigenvalue weighted by atomic mass is 16.5. The number of fused-ring (bicyclic) bond motifs is 2. The van der Waals surface area contributed by atoms with Crippen molar-refractivity contribution in [2.75, 3.05) is 12.4 Å². The van der Waals surface area contributed by atoms with Crippen LogP contribution in [0.2, 0.25) is 0 Å². The third-order valence-corrected chi connectivity index (χ3v) is 5.67. The zero-order chi connectivity index (χ0) is 20.0. The second-order valence-corrected chi connectivity index (χ2v) is 7.90. The van der Waals surface area contributed by atoms with Crippen LogP contribution in [0.3, 0.4) is 0 Å². The van der Waals surface area contributed by atoms with Gasteiger partial charge in [0, 0.05) is 29.6 Å². The standard InChI is InChI=1S/C20H23N7O2/c1-20(28)8-5-14(6-9-20)22-19-23-18(29-2)17-15(7-10-27(17)25-19)13-3-4-16-24-21-12-26(16)11-13/h3-4,7,10-12,14,28H,5-6,8-9H2,1-2H3,(H,22,25)/t14-,20-. The van der Waals surface area contributed by atoms with Gasteiger partial charge in [-0.15, -0.1) is 15.3 Å². The lowest BCUT2D eigenvalue weighted by molar-refractivity contribution is 0.0195. The molecule has 0 spiro atoms. The van der Waals surface area contributed by atoms with Gasteiger partial charge in [0.1, 0.15) is 11.8 Å². The number of aromatic nitrogens is 6. The van der Waals surface area contributed by atoms with Crippen LogP contribution in [0.25, 0.3) is 22.3 Å². The van der Waals surface area contributed by atoms with Crippen LogP contribution in [-0.2, 0) is 0 Å². The van der Waals surface area contributed by atoms with E-state index in [1.54, 1.807) is 18.0 Å². The fraction of sp³-hybridized carbons (Fsp3) is 0.400. The van der Waals surface area contributed by atoms with E-state index in [1.807, 2.05) is 41.9 Å². The van der Waals surface area contributed by atoms with Gasteiger partial charge in [-0.1, -0.05) is 0 Å². The summed E-state index contributed by atoms with van der Waals surface area (Å²) in [5.41, 5.74) is 2.99. The lowest BCUT2D eigenvalue weighted by Gasteiger charge is -2.33. The van der Waals surface area contributed by atoms with Gasteiger partial charge < -0.3 is 15.2 Å². The zero-order valence-corrected chi connectivity index (χ0v) is 16.4. The van der Waals surface area contributed by atoms with Gasteiger partial charge in [0.05, 0.1) is 12.7 Å². The number of hydrogen-bond donors (Lipinski definition) is 2. The van der Waals surface area contributed by atoms with Crippen LogP contribution in [0, 0.1) is 0 Å². The fourth-order valence-corrected chi connectivity index (χ4v) is 3.98. The topological polar surface area (TPSA) is 102 Å². The molecule has 9 heteroatoms. The third kappa shape index (κ3) is 3.27. The summed E-state index contributed by atoms with van der Waals surface area (Å²) in [6, 6.07) is 6.16. The van der Waals surface area contributed by atoms with E-state index in [0.717, 1.165) is 48.0 Å². The summed E-state index contributed by atoms with van der Waals surface area (Å²) in [4.78, 5) is 4.60. The van der Waals surface area contributed by atoms with Crippen molar-refractivity contribution in [2.24, 2.45) is 0 Å². The summed E-state index contributed by atoms with van der Waals surface area (Å²) in [5, 5.41) is 26.2. The molecule has 5 rings (SSSR count). The fourth-order valence-electron chi connectivity index (χ4n) is 3.98. The van der Waals surface area contributed by atoms with E-state index >= 15 is 0 Å². The van der Waals surface area contributed by atoms with Crippen molar-refractivity contribution in [3.8, 4) is 17.0 Å². The Labute approximate surface area is 167 Å². The van der Waals surface area contributed by atoms with E-state index in [1.165, 1.54) is 0 Å². The van der Waals surface area contributed by atoms with Crippen LogP contribution < -0.4 is 10.1 Å². The van der Waals surface area contributed by atoms with Crippen LogP contribution in [-0.4, -0.2) is 53.1 Å². The molecule has 0 bridgehead atoms. The Balaban J connectivity index is 1.49. The quantitative estimate of drug-likeness (QED) is 0.549. The number of nitrogens with zero attached hydrogens (tertiary/aromatic N) is 6. The van der Waals surface area contributed by atoms with Gasteiger partial charge in [0.25, 0.3) is 0 Å². The maximum absolute atomic E-state index is 10.2. The van der Waals surface area contributed by atoms with Gasteiger partial charge in [-0.3, -0.25) is 4.40 Å². The number of pyridine rings is 1. The van der Waals surface area contributed by atoms with Crippen molar-refractivity contribution in [1.29, 1.82) is 0 Å². The van der Waals surface area contributed by atoms with E-state index in [2.05, 4.69) is 25.6 Å². The summed E-state index contributed by atoms with van der Waals surface area (Å²) in [7, 11) is 1.61. The van der Waals surface area contributed by atoms with Crippen LogP contribution in [0.1, 0.15) is 32.6 Å². The summed E-state index contributed by atoms with van der Waals surface area (Å²) in [6.45, 7) is 1.90. The molecule has 2 N–H and O–H groups in total. The molecule has 0 aromatic carbocycles. The van der Waals surface area contributed by atoms with Crippen LogP contribution in [0.5, 0.6) is 5.88 Å².